The van der Waals surface area contributed by atoms with E-state index in [0.717, 1.165) is 0 Å². The predicted molar refractivity (Wildman–Crippen MR) is 103 cm³/mol. The Balaban J connectivity index is 1.73. The van der Waals surface area contributed by atoms with Gasteiger partial charge in [-0.15, -0.1) is 0 Å². The second-order valence-electron chi connectivity index (χ2n) is 5.95. The number of nitrogens with zero attached hydrogens (tertiary/aromatic N) is 1. The molecule has 0 saturated carbocycles. The van der Waals surface area contributed by atoms with E-state index in [-0.39, 0.29) is 40.5 Å². The second-order valence-corrected chi connectivity index (χ2v) is 6.76. The van der Waals surface area contributed by atoms with Crippen LogP contribution < -0.4 is 20.7 Å². The molecule has 0 aliphatic carbocycles. The molecule has 1 aliphatic heterocycles. The van der Waals surface area contributed by atoms with Gasteiger partial charge in [0.25, 0.3) is 0 Å². The molecule has 2 aromatic carbocycles. The molecular formula is C18H17Cl2N3O3. The SMILES string of the molecule is COc1cccc(N2CC(C(=O)Nc3cc(Cl)c(N)c(Cl)c3)CC2=O)c1. The van der Waals surface area contributed by atoms with Gasteiger partial charge in [-0.05, 0) is 24.3 Å². The average molecular weight is 394 g/mol. The highest BCUT2D eigenvalue weighted by Crippen LogP contribution is 2.32. The largest absolute Gasteiger partial charge is 0.497 e. The van der Waals surface area contributed by atoms with E-state index in [0.29, 0.717) is 17.1 Å². The van der Waals surface area contributed by atoms with Crippen molar-refractivity contribution in [2.75, 3.05) is 29.6 Å². The lowest BCUT2D eigenvalue weighted by molar-refractivity contribution is -0.122. The zero-order valence-electron chi connectivity index (χ0n) is 14.0. The number of rotatable bonds is 4. The Morgan fingerprint density at radius 1 is 1.27 bits per heavy atom. The summed E-state index contributed by atoms with van der Waals surface area (Å²) in [5.74, 6) is -0.231. The lowest BCUT2D eigenvalue weighted by Crippen LogP contribution is -2.28. The smallest absolute Gasteiger partial charge is 0.229 e. The molecule has 0 aromatic heterocycles. The third-order valence-electron chi connectivity index (χ3n) is 4.21. The molecule has 1 atom stereocenters. The maximum absolute atomic E-state index is 12.5. The van der Waals surface area contributed by atoms with E-state index in [9.17, 15) is 9.59 Å². The van der Waals surface area contributed by atoms with Gasteiger partial charge in [0.05, 0.1) is 28.8 Å². The Labute approximate surface area is 160 Å². The Kier molecular flexibility index (Phi) is 5.25. The number of nitrogens with one attached hydrogen (secondary N) is 1. The minimum absolute atomic E-state index is 0.119. The summed E-state index contributed by atoms with van der Waals surface area (Å²) in [4.78, 5) is 26.5. The fourth-order valence-electron chi connectivity index (χ4n) is 2.81. The molecule has 1 saturated heterocycles. The minimum Gasteiger partial charge on any atom is -0.497 e. The Morgan fingerprint density at radius 3 is 2.62 bits per heavy atom. The molecule has 3 rings (SSSR count). The number of carbonyl (C=O) groups excluding carboxylic acids is 2. The van der Waals surface area contributed by atoms with Gasteiger partial charge in [-0.2, -0.15) is 0 Å². The van der Waals surface area contributed by atoms with Crippen molar-refractivity contribution in [1.29, 1.82) is 0 Å². The first-order valence-electron chi connectivity index (χ1n) is 7.89. The molecule has 1 unspecified atom stereocenters. The lowest BCUT2D eigenvalue weighted by atomic mass is 10.1. The van der Waals surface area contributed by atoms with E-state index in [1.54, 1.807) is 36.3 Å². The van der Waals surface area contributed by atoms with Crippen LogP contribution in [0.15, 0.2) is 36.4 Å². The molecule has 2 aromatic rings. The van der Waals surface area contributed by atoms with Gasteiger partial charge in [0.15, 0.2) is 0 Å². The fourth-order valence-corrected chi connectivity index (χ4v) is 3.30. The summed E-state index contributed by atoms with van der Waals surface area (Å²) in [6.45, 7) is 0.286. The molecule has 1 aliphatic rings. The molecule has 0 spiro atoms. The fraction of sp³-hybridized carbons (Fsp3) is 0.222. The van der Waals surface area contributed by atoms with E-state index >= 15 is 0 Å². The first-order valence-corrected chi connectivity index (χ1v) is 8.64. The molecule has 1 heterocycles. The summed E-state index contributed by atoms with van der Waals surface area (Å²) in [5.41, 5.74) is 7.08. The maximum Gasteiger partial charge on any atom is 0.229 e. The summed E-state index contributed by atoms with van der Waals surface area (Å²) in [6.07, 6.45) is 0.124. The number of carbonyl (C=O) groups is 2. The van der Waals surface area contributed by atoms with E-state index < -0.39 is 5.92 Å². The van der Waals surface area contributed by atoms with Crippen molar-refractivity contribution in [3.63, 3.8) is 0 Å². The summed E-state index contributed by atoms with van der Waals surface area (Å²) < 4.78 is 5.18. The van der Waals surface area contributed by atoms with Crippen molar-refractivity contribution >= 4 is 52.1 Å². The summed E-state index contributed by atoms with van der Waals surface area (Å²) in [6, 6.07) is 10.2. The zero-order chi connectivity index (χ0) is 18.8. The molecule has 6 nitrogen and oxygen atoms in total. The zero-order valence-corrected chi connectivity index (χ0v) is 15.5. The molecule has 26 heavy (non-hydrogen) atoms. The third kappa shape index (κ3) is 3.71. The Hall–Kier alpha value is -2.44. The number of nitrogen functional groups attached to an aromatic ring is 1. The van der Waals surface area contributed by atoms with Crippen LogP contribution in [-0.2, 0) is 9.59 Å². The Morgan fingerprint density at radius 2 is 1.96 bits per heavy atom. The second kappa shape index (κ2) is 7.43. The van der Waals surface area contributed by atoms with Crippen LogP contribution >= 0.6 is 23.2 Å². The van der Waals surface area contributed by atoms with Crippen LogP contribution in [-0.4, -0.2) is 25.5 Å². The molecule has 0 bridgehead atoms. The van der Waals surface area contributed by atoms with Gasteiger partial charge in [-0.25, -0.2) is 0 Å². The van der Waals surface area contributed by atoms with Crippen LogP contribution in [0.25, 0.3) is 0 Å². The van der Waals surface area contributed by atoms with Crippen LogP contribution in [0.3, 0.4) is 0 Å². The number of hydrogen-bond acceptors (Lipinski definition) is 4. The highest BCUT2D eigenvalue weighted by atomic mass is 35.5. The van der Waals surface area contributed by atoms with Gasteiger partial charge in [0.1, 0.15) is 5.75 Å². The van der Waals surface area contributed by atoms with E-state index in [1.807, 2.05) is 0 Å². The molecule has 136 valence electrons. The third-order valence-corrected chi connectivity index (χ3v) is 4.83. The number of anilines is 3. The lowest BCUT2D eigenvalue weighted by Gasteiger charge is -2.17. The predicted octanol–water partition coefficient (Wildman–Crippen LogP) is 3.58. The number of nitrogens with two attached hydrogens (primary N) is 1. The van der Waals surface area contributed by atoms with Crippen molar-refractivity contribution in [3.05, 3.63) is 46.4 Å². The summed E-state index contributed by atoms with van der Waals surface area (Å²) in [5, 5.41) is 3.26. The maximum atomic E-state index is 12.5. The normalized spacial score (nSPS) is 16.7. The van der Waals surface area contributed by atoms with Crippen LogP contribution in [0.5, 0.6) is 5.75 Å². The summed E-state index contributed by atoms with van der Waals surface area (Å²) in [7, 11) is 1.56. The van der Waals surface area contributed by atoms with E-state index in [4.69, 9.17) is 33.7 Å². The quantitative estimate of drug-likeness (QED) is 0.777. The number of benzene rings is 2. The number of hydrogen-bond donors (Lipinski definition) is 2. The van der Waals surface area contributed by atoms with Crippen molar-refractivity contribution in [3.8, 4) is 5.75 Å². The number of amides is 2. The molecule has 3 N–H and O–H groups in total. The number of halogens is 2. The highest BCUT2D eigenvalue weighted by Gasteiger charge is 2.35. The Bertz CT molecular complexity index is 850. The van der Waals surface area contributed by atoms with Crippen molar-refractivity contribution in [2.45, 2.75) is 6.42 Å². The van der Waals surface area contributed by atoms with E-state index in [1.165, 1.54) is 12.1 Å². The van der Waals surface area contributed by atoms with Gasteiger partial charge in [0, 0.05) is 30.4 Å². The molecule has 0 radical (unpaired) electrons. The van der Waals surface area contributed by atoms with Crippen LogP contribution in [0, 0.1) is 5.92 Å². The molecule has 8 heteroatoms. The first kappa shape index (κ1) is 18.4. The van der Waals surface area contributed by atoms with Gasteiger partial charge in [-0.3, -0.25) is 9.59 Å². The van der Waals surface area contributed by atoms with Gasteiger partial charge in [-0.1, -0.05) is 29.3 Å². The van der Waals surface area contributed by atoms with Crippen molar-refractivity contribution in [1.82, 2.24) is 0 Å². The summed E-state index contributed by atoms with van der Waals surface area (Å²) >= 11 is 12.0. The van der Waals surface area contributed by atoms with Crippen LogP contribution in [0.2, 0.25) is 10.0 Å². The van der Waals surface area contributed by atoms with Crippen molar-refractivity contribution in [2.24, 2.45) is 5.92 Å². The number of ether oxygens (including phenoxy) is 1. The van der Waals surface area contributed by atoms with Crippen LogP contribution in [0.4, 0.5) is 17.1 Å². The molecular weight excluding hydrogens is 377 g/mol. The average Bonchev–Trinajstić information content (AvgIpc) is 3.01. The van der Waals surface area contributed by atoms with Gasteiger partial charge < -0.3 is 20.7 Å². The number of methoxy groups -OCH3 is 1. The topological polar surface area (TPSA) is 84.7 Å². The standard InChI is InChI=1S/C18H17Cl2N3O3/c1-26-13-4-2-3-12(8-13)23-9-10(5-16(23)24)18(25)22-11-6-14(19)17(21)15(20)7-11/h2-4,6-8,10H,5,9,21H2,1H3,(H,22,25). The monoisotopic (exact) mass is 393 g/mol. The van der Waals surface area contributed by atoms with E-state index in [2.05, 4.69) is 5.32 Å². The highest BCUT2D eigenvalue weighted by molar-refractivity contribution is 6.39. The van der Waals surface area contributed by atoms with Gasteiger partial charge in [0.2, 0.25) is 11.8 Å². The van der Waals surface area contributed by atoms with Crippen molar-refractivity contribution < 1.29 is 14.3 Å². The molecule has 2 amide bonds. The van der Waals surface area contributed by atoms with Gasteiger partial charge >= 0.3 is 0 Å². The van der Waals surface area contributed by atoms with Crippen LogP contribution in [0.1, 0.15) is 6.42 Å². The minimum atomic E-state index is -0.483. The first-order chi connectivity index (χ1) is 12.4. The molecule has 1 fully saturated rings.